The Morgan fingerprint density at radius 1 is 1.29 bits per heavy atom. The van der Waals surface area contributed by atoms with E-state index in [9.17, 15) is 13.6 Å². The van der Waals surface area contributed by atoms with Gasteiger partial charge in [-0.2, -0.15) is 8.78 Å². The van der Waals surface area contributed by atoms with E-state index in [4.69, 9.17) is 0 Å². The van der Waals surface area contributed by atoms with Crippen LogP contribution in [0.15, 0.2) is 17.7 Å². The Labute approximate surface area is 98.9 Å². The van der Waals surface area contributed by atoms with Gasteiger partial charge in [-0.25, -0.2) is 0 Å². The third-order valence-electron chi connectivity index (χ3n) is 2.27. The number of hydrogen-bond donors (Lipinski definition) is 0. The first-order valence-electron chi connectivity index (χ1n) is 5.13. The van der Waals surface area contributed by atoms with E-state index < -0.39 is 6.61 Å². The van der Waals surface area contributed by atoms with Gasteiger partial charge in [0.15, 0.2) is 0 Å². The van der Waals surface area contributed by atoms with E-state index in [0.717, 1.165) is 11.8 Å². The molecule has 0 heterocycles. The fourth-order valence-corrected chi connectivity index (χ4v) is 1.64. The van der Waals surface area contributed by atoms with Crippen LogP contribution in [0.1, 0.15) is 23.6 Å². The van der Waals surface area contributed by atoms with Crippen LogP contribution in [0.25, 0.3) is 6.08 Å². The van der Waals surface area contributed by atoms with Crippen molar-refractivity contribution in [1.82, 2.24) is 0 Å². The van der Waals surface area contributed by atoms with Crippen LogP contribution in [0.5, 0.6) is 5.75 Å². The molecule has 0 aromatic heterocycles. The number of alkyl halides is 2. The van der Waals surface area contributed by atoms with Crippen molar-refractivity contribution >= 4 is 12.4 Å². The van der Waals surface area contributed by atoms with E-state index in [1.807, 2.05) is 0 Å². The van der Waals surface area contributed by atoms with Crippen molar-refractivity contribution in [3.05, 3.63) is 34.4 Å². The van der Waals surface area contributed by atoms with Crippen LogP contribution in [0.2, 0.25) is 0 Å². The molecule has 0 N–H and O–H groups in total. The molecule has 0 saturated heterocycles. The van der Waals surface area contributed by atoms with E-state index >= 15 is 0 Å². The molecule has 0 atom stereocenters. The summed E-state index contributed by atoms with van der Waals surface area (Å²) >= 11 is 0. The van der Waals surface area contributed by atoms with Crippen LogP contribution in [0, 0.1) is 13.8 Å². The second-order valence-electron chi connectivity index (χ2n) is 3.87. The Balaban J connectivity index is 3.13. The molecule has 0 saturated carbocycles. The average Bonchev–Trinajstić information content (AvgIpc) is 2.23. The van der Waals surface area contributed by atoms with E-state index in [0.29, 0.717) is 16.7 Å². The molecule has 92 valence electrons. The monoisotopic (exact) mass is 240 g/mol. The van der Waals surface area contributed by atoms with Gasteiger partial charge in [-0.3, -0.25) is 4.79 Å². The summed E-state index contributed by atoms with van der Waals surface area (Å²) in [6, 6.07) is 3.41. The summed E-state index contributed by atoms with van der Waals surface area (Å²) < 4.78 is 28.8. The zero-order valence-corrected chi connectivity index (χ0v) is 9.96. The van der Waals surface area contributed by atoms with Crippen LogP contribution in [0.4, 0.5) is 8.78 Å². The van der Waals surface area contributed by atoms with E-state index in [2.05, 4.69) is 4.74 Å². The summed E-state index contributed by atoms with van der Waals surface area (Å²) in [5, 5.41) is 0. The molecule has 17 heavy (non-hydrogen) atoms. The average molecular weight is 240 g/mol. The lowest BCUT2D eigenvalue weighted by molar-refractivity contribution is -0.104. The Hall–Kier alpha value is -1.71. The van der Waals surface area contributed by atoms with Crippen molar-refractivity contribution in [3.8, 4) is 5.75 Å². The number of ether oxygens (including phenoxy) is 1. The molecular formula is C13H14F2O2. The maximum absolute atomic E-state index is 12.2. The van der Waals surface area contributed by atoms with E-state index in [-0.39, 0.29) is 5.75 Å². The van der Waals surface area contributed by atoms with Crippen LogP contribution >= 0.6 is 0 Å². The van der Waals surface area contributed by atoms with Crippen molar-refractivity contribution in [2.24, 2.45) is 0 Å². The Bertz CT molecular complexity index is 428. The molecule has 0 fully saturated rings. The van der Waals surface area contributed by atoms with Crippen molar-refractivity contribution in [3.63, 3.8) is 0 Å². The maximum Gasteiger partial charge on any atom is 0.387 e. The van der Waals surface area contributed by atoms with E-state index in [1.54, 1.807) is 39.0 Å². The van der Waals surface area contributed by atoms with Gasteiger partial charge in [0.25, 0.3) is 0 Å². The minimum atomic E-state index is -2.83. The summed E-state index contributed by atoms with van der Waals surface area (Å²) in [7, 11) is 0. The summed E-state index contributed by atoms with van der Waals surface area (Å²) in [6.07, 6.45) is 2.44. The molecule has 4 heteroatoms. The number of benzene rings is 1. The van der Waals surface area contributed by atoms with Gasteiger partial charge in [-0.05, 0) is 61.2 Å². The fourth-order valence-electron chi connectivity index (χ4n) is 1.64. The summed E-state index contributed by atoms with van der Waals surface area (Å²) in [5.74, 6) is 0.195. The van der Waals surface area contributed by atoms with Crippen LogP contribution in [-0.2, 0) is 4.79 Å². The largest absolute Gasteiger partial charge is 0.434 e. The number of hydrogen-bond acceptors (Lipinski definition) is 2. The molecule has 0 aliphatic heterocycles. The number of halogens is 2. The third-order valence-corrected chi connectivity index (χ3v) is 2.27. The first-order chi connectivity index (χ1) is 7.93. The van der Waals surface area contributed by atoms with Crippen molar-refractivity contribution < 1.29 is 18.3 Å². The molecule has 0 bridgehead atoms. The Morgan fingerprint density at radius 3 is 2.24 bits per heavy atom. The smallest absolute Gasteiger partial charge is 0.387 e. The lowest BCUT2D eigenvalue weighted by atomic mass is 10.0. The Kier molecular flexibility index (Phi) is 4.37. The molecule has 0 aliphatic rings. The number of carbonyl (C=O) groups is 1. The van der Waals surface area contributed by atoms with Gasteiger partial charge >= 0.3 is 6.61 Å². The molecule has 0 radical (unpaired) electrons. The molecule has 1 aromatic rings. The van der Waals surface area contributed by atoms with Gasteiger partial charge in [0.2, 0.25) is 0 Å². The highest BCUT2D eigenvalue weighted by atomic mass is 19.3. The summed E-state index contributed by atoms with van der Waals surface area (Å²) in [4.78, 5) is 10.5. The zero-order valence-electron chi connectivity index (χ0n) is 9.96. The number of carbonyl (C=O) groups excluding carboxylic acids is 1. The van der Waals surface area contributed by atoms with Gasteiger partial charge in [0.1, 0.15) is 12.0 Å². The molecule has 0 amide bonds. The van der Waals surface area contributed by atoms with Gasteiger partial charge in [-0.15, -0.1) is 0 Å². The van der Waals surface area contributed by atoms with Gasteiger partial charge in [0, 0.05) is 0 Å². The van der Waals surface area contributed by atoms with Gasteiger partial charge in [-0.1, -0.05) is 0 Å². The van der Waals surface area contributed by atoms with Crippen LogP contribution in [-0.4, -0.2) is 12.9 Å². The lowest BCUT2D eigenvalue weighted by Gasteiger charge is -2.12. The zero-order chi connectivity index (χ0) is 13.0. The van der Waals surface area contributed by atoms with Crippen LogP contribution < -0.4 is 4.74 Å². The molecule has 1 aromatic carbocycles. The second kappa shape index (κ2) is 5.57. The Morgan fingerprint density at radius 2 is 1.82 bits per heavy atom. The van der Waals surface area contributed by atoms with Crippen molar-refractivity contribution in [1.29, 1.82) is 0 Å². The normalized spacial score (nSPS) is 11.8. The highest BCUT2D eigenvalue weighted by molar-refractivity contribution is 5.81. The molecule has 2 nitrogen and oxygen atoms in total. The number of allylic oxidation sites excluding steroid dienone is 1. The lowest BCUT2D eigenvalue weighted by Crippen LogP contribution is -2.05. The molecule has 1 rings (SSSR count). The number of rotatable bonds is 4. The van der Waals surface area contributed by atoms with Gasteiger partial charge < -0.3 is 4.74 Å². The SMILES string of the molecule is CC(C=O)=Cc1cc(C)c(OC(F)F)c(C)c1. The highest BCUT2D eigenvalue weighted by Gasteiger charge is 2.10. The maximum atomic E-state index is 12.2. The predicted octanol–water partition coefficient (Wildman–Crippen LogP) is 3.51. The summed E-state index contributed by atoms with van der Waals surface area (Å²) in [5.41, 5.74) is 2.61. The predicted molar refractivity (Wildman–Crippen MR) is 62.3 cm³/mol. The highest BCUT2D eigenvalue weighted by Crippen LogP contribution is 2.27. The summed E-state index contributed by atoms with van der Waals surface area (Å²) in [6.45, 7) is 2.24. The van der Waals surface area contributed by atoms with Crippen molar-refractivity contribution in [2.45, 2.75) is 27.4 Å². The first-order valence-corrected chi connectivity index (χ1v) is 5.13. The first kappa shape index (κ1) is 13.4. The minimum Gasteiger partial charge on any atom is -0.434 e. The topological polar surface area (TPSA) is 26.3 Å². The van der Waals surface area contributed by atoms with E-state index in [1.165, 1.54) is 0 Å². The minimum absolute atomic E-state index is 0.195. The van der Waals surface area contributed by atoms with Gasteiger partial charge in [0.05, 0.1) is 0 Å². The van der Waals surface area contributed by atoms with Crippen LogP contribution in [0.3, 0.4) is 0 Å². The molecule has 0 unspecified atom stereocenters. The standard InChI is InChI=1S/C13H14F2O2/c1-8(7-16)4-11-5-9(2)12(10(3)6-11)17-13(14)15/h4-7,13H,1-3H3. The molecule has 0 aliphatic carbocycles. The number of aldehydes is 1. The third kappa shape index (κ3) is 3.66. The number of aryl methyl sites for hydroxylation is 2. The second-order valence-corrected chi connectivity index (χ2v) is 3.87. The molecule has 0 spiro atoms. The van der Waals surface area contributed by atoms with Crippen molar-refractivity contribution in [2.75, 3.05) is 0 Å². The molecular weight excluding hydrogens is 226 g/mol. The quantitative estimate of drug-likeness (QED) is 0.594. The fraction of sp³-hybridized carbons (Fsp3) is 0.308.